The summed E-state index contributed by atoms with van der Waals surface area (Å²) < 4.78 is 12.2. The molecule has 0 fully saturated rings. The van der Waals surface area contributed by atoms with Crippen LogP contribution in [0.15, 0.2) is 47.4 Å². The van der Waals surface area contributed by atoms with Gasteiger partial charge < -0.3 is 19.4 Å². The lowest BCUT2D eigenvalue weighted by atomic mass is 10.0. The Morgan fingerprint density at radius 2 is 1.66 bits per heavy atom. The van der Waals surface area contributed by atoms with Gasteiger partial charge >= 0.3 is 0 Å². The van der Waals surface area contributed by atoms with E-state index < -0.39 is 0 Å². The van der Waals surface area contributed by atoms with E-state index in [0.29, 0.717) is 34.4 Å². The van der Waals surface area contributed by atoms with Gasteiger partial charge in [-0.25, -0.2) is 0 Å². The molecular weight excluding hydrogens is 368 g/mol. The van der Waals surface area contributed by atoms with E-state index in [2.05, 4.69) is 5.32 Å². The summed E-state index contributed by atoms with van der Waals surface area (Å²) in [6.45, 7) is 6.28. The standard InChI is InChI=1S/C23H26N2O4/c1-6-25-13-19(22(26)24-15(3)16-9-7-14(2)8-10-16)17-11-20(28-4)21(29-5)12-18(17)23(25)27/h7-13,15H,6H2,1-5H3,(H,24,26)/t15-/m1/s1. The highest BCUT2D eigenvalue weighted by atomic mass is 16.5. The highest BCUT2D eigenvalue weighted by molar-refractivity contribution is 6.07. The fourth-order valence-electron chi connectivity index (χ4n) is 3.35. The zero-order valence-electron chi connectivity index (χ0n) is 17.4. The highest BCUT2D eigenvalue weighted by Gasteiger charge is 2.19. The van der Waals surface area contributed by atoms with Crippen molar-refractivity contribution in [3.63, 3.8) is 0 Å². The number of amides is 1. The predicted octanol–water partition coefficient (Wildman–Crippen LogP) is 3.84. The molecule has 1 heterocycles. The Kier molecular flexibility index (Phi) is 5.92. The molecular formula is C23H26N2O4. The van der Waals surface area contributed by atoms with Crippen molar-refractivity contribution in [2.75, 3.05) is 14.2 Å². The largest absolute Gasteiger partial charge is 0.493 e. The molecule has 1 amide bonds. The van der Waals surface area contributed by atoms with Crippen LogP contribution >= 0.6 is 0 Å². The van der Waals surface area contributed by atoms with Gasteiger partial charge in [0.1, 0.15) is 0 Å². The number of aryl methyl sites for hydroxylation is 2. The van der Waals surface area contributed by atoms with Crippen LogP contribution in [-0.2, 0) is 6.54 Å². The van der Waals surface area contributed by atoms with Crippen LogP contribution < -0.4 is 20.3 Å². The van der Waals surface area contributed by atoms with Gasteiger partial charge in [0.25, 0.3) is 11.5 Å². The number of rotatable bonds is 6. The Morgan fingerprint density at radius 1 is 1.07 bits per heavy atom. The zero-order chi connectivity index (χ0) is 21.1. The quantitative estimate of drug-likeness (QED) is 0.690. The van der Waals surface area contributed by atoms with Crippen LogP contribution in [0.5, 0.6) is 11.5 Å². The molecule has 3 aromatic rings. The van der Waals surface area contributed by atoms with Crippen molar-refractivity contribution in [2.24, 2.45) is 0 Å². The number of fused-ring (bicyclic) bond motifs is 1. The number of aromatic nitrogens is 1. The second kappa shape index (κ2) is 8.39. The van der Waals surface area contributed by atoms with Crippen LogP contribution in [-0.4, -0.2) is 24.7 Å². The van der Waals surface area contributed by atoms with Crippen molar-refractivity contribution >= 4 is 16.7 Å². The van der Waals surface area contributed by atoms with Crippen molar-refractivity contribution in [1.82, 2.24) is 9.88 Å². The lowest BCUT2D eigenvalue weighted by Gasteiger charge is -2.17. The van der Waals surface area contributed by atoms with Crippen molar-refractivity contribution < 1.29 is 14.3 Å². The summed E-state index contributed by atoms with van der Waals surface area (Å²) in [5.74, 6) is 0.664. The van der Waals surface area contributed by atoms with Crippen LogP contribution in [0.1, 0.15) is 41.4 Å². The number of hydrogen-bond donors (Lipinski definition) is 1. The third-order valence-electron chi connectivity index (χ3n) is 5.10. The van der Waals surface area contributed by atoms with E-state index in [1.54, 1.807) is 18.3 Å². The van der Waals surface area contributed by atoms with Gasteiger partial charge in [-0.3, -0.25) is 9.59 Å². The SMILES string of the molecule is CCn1cc(C(=O)N[C@H](C)c2ccc(C)cc2)c2cc(OC)c(OC)cc2c1=O. The predicted molar refractivity (Wildman–Crippen MR) is 114 cm³/mol. The van der Waals surface area contributed by atoms with Crippen molar-refractivity contribution in [3.05, 3.63) is 69.6 Å². The minimum atomic E-state index is -0.252. The van der Waals surface area contributed by atoms with Crippen LogP contribution in [0.2, 0.25) is 0 Å². The molecule has 3 rings (SSSR count). The van der Waals surface area contributed by atoms with E-state index in [4.69, 9.17) is 9.47 Å². The van der Waals surface area contributed by atoms with Crippen LogP contribution in [0.3, 0.4) is 0 Å². The molecule has 0 saturated carbocycles. The summed E-state index contributed by atoms with van der Waals surface area (Å²) in [5.41, 5.74) is 2.42. The molecule has 6 nitrogen and oxygen atoms in total. The molecule has 0 unspecified atom stereocenters. The summed E-state index contributed by atoms with van der Waals surface area (Å²) in [5, 5.41) is 3.98. The number of benzene rings is 2. The van der Waals surface area contributed by atoms with Crippen molar-refractivity contribution in [3.8, 4) is 11.5 Å². The smallest absolute Gasteiger partial charge is 0.258 e. The number of nitrogens with one attached hydrogen (secondary N) is 1. The molecule has 0 aliphatic carbocycles. The number of ether oxygens (including phenoxy) is 2. The molecule has 0 spiro atoms. The summed E-state index contributed by atoms with van der Waals surface area (Å²) in [6.07, 6.45) is 1.60. The van der Waals surface area contributed by atoms with Gasteiger partial charge in [-0.1, -0.05) is 29.8 Å². The number of carbonyl (C=O) groups is 1. The number of carbonyl (C=O) groups excluding carboxylic acids is 1. The van der Waals surface area contributed by atoms with Gasteiger partial charge in [0.05, 0.1) is 31.2 Å². The molecule has 6 heteroatoms. The Hall–Kier alpha value is -3.28. The molecule has 1 atom stereocenters. The van der Waals surface area contributed by atoms with Gasteiger partial charge in [0.15, 0.2) is 11.5 Å². The molecule has 0 radical (unpaired) electrons. The lowest BCUT2D eigenvalue weighted by Crippen LogP contribution is -2.29. The Bertz CT molecular complexity index is 1100. The van der Waals surface area contributed by atoms with E-state index in [0.717, 1.165) is 11.1 Å². The fraction of sp³-hybridized carbons (Fsp3) is 0.304. The second-order valence-corrected chi connectivity index (χ2v) is 6.99. The van der Waals surface area contributed by atoms with Crippen LogP contribution in [0, 0.1) is 6.92 Å². The first kappa shape index (κ1) is 20.5. The number of nitrogens with zero attached hydrogens (tertiary/aromatic N) is 1. The Labute approximate surface area is 170 Å². The lowest BCUT2D eigenvalue weighted by molar-refractivity contribution is 0.0941. The molecule has 29 heavy (non-hydrogen) atoms. The third-order valence-corrected chi connectivity index (χ3v) is 5.10. The van der Waals surface area contributed by atoms with E-state index in [1.807, 2.05) is 45.0 Å². The number of pyridine rings is 1. The first-order valence-electron chi connectivity index (χ1n) is 9.56. The number of methoxy groups -OCH3 is 2. The maximum Gasteiger partial charge on any atom is 0.258 e. The summed E-state index contributed by atoms with van der Waals surface area (Å²) >= 11 is 0. The Balaban J connectivity index is 2.09. The first-order valence-corrected chi connectivity index (χ1v) is 9.56. The second-order valence-electron chi connectivity index (χ2n) is 6.99. The minimum absolute atomic E-state index is 0.174. The van der Waals surface area contributed by atoms with Gasteiger partial charge in [-0.05, 0) is 38.5 Å². The summed E-state index contributed by atoms with van der Waals surface area (Å²) in [4.78, 5) is 26.0. The first-order chi connectivity index (χ1) is 13.9. The topological polar surface area (TPSA) is 69.6 Å². The van der Waals surface area contributed by atoms with Crippen LogP contribution in [0.4, 0.5) is 0 Å². The van der Waals surface area contributed by atoms with Crippen molar-refractivity contribution in [2.45, 2.75) is 33.4 Å². The monoisotopic (exact) mass is 394 g/mol. The van der Waals surface area contributed by atoms with Gasteiger partial charge in [0.2, 0.25) is 0 Å². The maximum atomic E-state index is 13.1. The fourth-order valence-corrected chi connectivity index (χ4v) is 3.35. The molecule has 0 aliphatic heterocycles. The number of hydrogen-bond acceptors (Lipinski definition) is 4. The normalized spacial score (nSPS) is 11.9. The van der Waals surface area contributed by atoms with Gasteiger partial charge in [-0.2, -0.15) is 0 Å². The molecule has 0 saturated heterocycles. The minimum Gasteiger partial charge on any atom is -0.493 e. The van der Waals surface area contributed by atoms with Crippen LogP contribution in [0.25, 0.3) is 10.8 Å². The molecule has 152 valence electrons. The average Bonchev–Trinajstić information content (AvgIpc) is 2.73. The zero-order valence-corrected chi connectivity index (χ0v) is 17.4. The average molecular weight is 394 g/mol. The van der Waals surface area contributed by atoms with E-state index in [1.165, 1.54) is 18.8 Å². The maximum absolute atomic E-state index is 13.1. The van der Waals surface area contributed by atoms with Gasteiger partial charge in [-0.15, -0.1) is 0 Å². The molecule has 1 aromatic heterocycles. The van der Waals surface area contributed by atoms with E-state index >= 15 is 0 Å². The molecule has 0 aliphatic rings. The van der Waals surface area contributed by atoms with Gasteiger partial charge in [0, 0.05) is 18.1 Å². The van der Waals surface area contributed by atoms with E-state index in [9.17, 15) is 9.59 Å². The van der Waals surface area contributed by atoms with Crippen molar-refractivity contribution in [1.29, 1.82) is 0 Å². The highest BCUT2D eigenvalue weighted by Crippen LogP contribution is 2.32. The molecule has 0 bridgehead atoms. The third kappa shape index (κ3) is 3.97. The van der Waals surface area contributed by atoms with E-state index in [-0.39, 0.29) is 17.5 Å². The molecule has 1 N–H and O–H groups in total. The summed E-state index contributed by atoms with van der Waals surface area (Å²) in [6, 6.07) is 11.2. The summed E-state index contributed by atoms with van der Waals surface area (Å²) in [7, 11) is 3.04. The Morgan fingerprint density at radius 3 is 2.21 bits per heavy atom. The molecule has 2 aromatic carbocycles.